The molecule has 1 saturated heterocycles. The number of aromatic amines is 1. The lowest BCUT2D eigenvalue weighted by molar-refractivity contribution is -0.140. The predicted octanol–water partition coefficient (Wildman–Crippen LogP) is 2.65. The summed E-state index contributed by atoms with van der Waals surface area (Å²) >= 11 is 0. The molecular weight excluding hydrogens is 439 g/mol. The Kier molecular flexibility index (Phi) is 6.11. The second-order valence-electron chi connectivity index (χ2n) is 8.14. The second-order valence-corrected chi connectivity index (χ2v) is 8.14. The molecule has 0 spiro atoms. The van der Waals surface area contributed by atoms with Crippen molar-refractivity contribution in [2.24, 2.45) is 5.92 Å². The van der Waals surface area contributed by atoms with Crippen LogP contribution in [0.25, 0.3) is 22.3 Å². The minimum Gasteiger partial charge on any atom is -0.396 e. The van der Waals surface area contributed by atoms with E-state index in [4.69, 9.17) is 5.73 Å². The number of piperidine rings is 1. The Morgan fingerprint density at radius 2 is 2.06 bits per heavy atom. The summed E-state index contributed by atoms with van der Waals surface area (Å²) in [7, 11) is 0. The molecule has 12 heteroatoms. The number of aromatic nitrogens is 4. The van der Waals surface area contributed by atoms with Crippen molar-refractivity contribution < 1.29 is 23.1 Å². The molecule has 1 fully saturated rings. The van der Waals surface area contributed by atoms with Crippen LogP contribution in [0.2, 0.25) is 0 Å². The topological polar surface area (TPSA) is 133 Å². The number of amides is 1. The van der Waals surface area contributed by atoms with Gasteiger partial charge >= 0.3 is 6.18 Å². The maximum atomic E-state index is 13.1. The van der Waals surface area contributed by atoms with Gasteiger partial charge in [0.15, 0.2) is 0 Å². The Bertz CT molecular complexity index is 1150. The van der Waals surface area contributed by atoms with Gasteiger partial charge in [0.25, 0.3) is 5.91 Å². The largest absolute Gasteiger partial charge is 0.417 e. The Morgan fingerprint density at radius 1 is 1.33 bits per heavy atom. The standard InChI is InChI=1S/C21H24F3N7O2/c1-11(32)19(33)31-4-2-12(3-5-31)7-28-20-29-10-16(25)17(30-20)15-9-27-18-14(15)6-13(8-26-18)21(22,23)24/h6,8-12,32H,2-5,7,25H2,1H3,(H,26,27)(H,28,29,30)/t11-/m0/s1. The molecular formula is C21H24F3N7O2. The molecule has 0 aromatic carbocycles. The maximum Gasteiger partial charge on any atom is 0.417 e. The fraction of sp³-hybridized carbons (Fsp3) is 0.429. The van der Waals surface area contributed by atoms with Gasteiger partial charge in [0.05, 0.1) is 17.4 Å². The summed E-state index contributed by atoms with van der Waals surface area (Å²) in [5.74, 6) is 0.310. The Morgan fingerprint density at radius 3 is 2.73 bits per heavy atom. The van der Waals surface area contributed by atoms with Gasteiger partial charge in [-0.2, -0.15) is 13.2 Å². The van der Waals surface area contributed by atoms with Crippen LogP contribution in [0.3, 0.4) is 0 Å². The van der Waals surface area contributed by atoms with Gasteiger partial charge in [0.1, 0.15) is 17.4 Å². The summed E-state index contributed by atoms with van der Waals surface area (Å²) in [6.45, 7) is 3.15. The molecule has 4 heterocycles. The molecule has 0 aliphatic carbocycles. The fourth-order valence-electron chi connectivity index (χ4n) is 3.90. The molecule has 176 valence electrons. The number of carbonyl (C=O) groups is 1. The number of aliphatic hydroxyl groups excluding tert-OH is 1. The molecule has 4 rings (SSSR count). The fourth-order valence-corrected chi connectivity index (χ4v) is 3.90. The summed E-state index contributed by atoms with van der Waals surface area (Å²) in [5.41, 5.74) is 6.40. The third kappa shape index (κ3) is 4.85. The third-order valence-corrected chi connectivity index (χ3v) is 5.76. The van der Waals surface area contributed by atoms with E-state index in [1.54, 1.807) is 4.90 Å². The van der Waals surface area contributed by atoms with Crippen molar-refractivity contribution in [3.63, 3.8) is 0 Å². The minimum absolute atomic E-state index is 0.226. The Hall–Kier alpha value is -3.41. The average molecular weight is 463 g/mol. The van der Waals surface area contributed by atoms with Crippen molar-refractivity contribution in [3.8, 4) is 11.3 Å². The van der Waals surface area contributed by atoms with Crippen molar-refractivity contribution in [3.05, 3.63) is 30.2 Å². The van der Waals surface area contributed by atoms with Crippen molar-refractivity contribution in [1.82, 2.24) is 24.8 Å². The number of H-pyrrole nitrogens is 1. The Labute approximate surface area is 187 Å². The first kappa shape index (κ1) is 22.8. The number of carbonyl (C=O) groups excluding carboxylic acids is 1. The smallest absolute Gasteiger partial charge is 0.396 e. The summed E-state index contributed by atoms with van der Waals surface area (Å²) in [6, 6.07) is 1.02. The van der Waals surface area contributed by atoms with Crippen LogP contribution >= 0.6 is 0 Å². The SMILES string of the molecule is C[C@H](O)C(=O)N1CCC(CNc2ncc(N)c(-c3c[nH]c4ncc(C(F)(F)F)cc34)n2)CC1. The molecule has 5 N–H and O–H groups in total. The van der Waals surface area contributed by atoms with Crippen LogP contribution in [0.5, 0.6) is 0 Å². The number of nitrogens with one attached hydrogen (secondary N) is 2. The summed E-state index contributed by atoms with van der Waals surface area (Å²) in [6.07, 6.45) is -0.283. The van der Waals surface area contributed by atoms with Gasteiger partial charge in [0, 0.05) is 43.0 Å². The van der Waals surface area contributed by atoms with Crippen LogP contribution in [0.15, 0.2) is 24.7 Å². The van der Waals surface area contributed by atoms with Crippen LogP contribution < -0.4 is 11.1 Å². The van der Waals surface area contributed by atoms with E-state index in [0.717, 1.165) is 25.1 Å². The van der Waals surface area contributed by atoms with Gasteiger partial charge in [-0.3, -0.25) is 4.79 Å². The van der Waals surface area contributed by atoms with Crippen LogP contribution in [0.4, 0.5) is 24.8 Å². The number of hydrogen-bond donors (Lipinski definition) is 4. The number of likely N-dealkylation sites (tertiary alicyclic amines) is 1. The van der Waals surface area contributed by atoms with E-state index >= 15 is 0 Å². The van der Waals surface area contributed by atoms with Gasteiger partial charge in [-0.25, -0.2) is 15.0 Å². The number of alkyl halides is 3. The Balaban J connectivity index is 1.49. The van der Waals surface area contributed by atoms with Gasteiger partial charge in [-0.05, 0) is 31.7 Å². The number of aliphatic hydroxyl groups is 1. The van der Waals surface area contributed by atoms with Crippen molar-refractivity contribution in [1.29, 1.82) is 0 Å². The molecule has 1 aliphatic rings. The minimum atomic E-state index is -4.52. The first-order valence-electron chi connectivity index (χ1n) is 10.5. The molecule has 1 amide bonds. The molecule has 3 aromatic rings. The molecule has 3 aromatic heterocycles. The highest BCUT2D eigenvalue weighted by molar-refractivity contribution is 5.95. The van der Waals surface area contributed by atoms with E-state index in [9.17, 15) is 23.1 Å². The van der Waals surface area contributed by atoms with E-state index in [1.165, 1.54) is 19.3 Å². The third-order valence-electron chi connectivity index (χ3n) is 5.76. The number of hydrogen-bond acceptors (Lipinski definition) is 7. The van der Waals surface area contributed by atoms with Crippen molar-refractivity contribution >= 4 is 28.6 Å². The van der Waals surface area contributed by atoms with E-state index < -0.39 is 17.8 Å². The summed E-state index contributed by atoms with van der Waals surface area (Å²) in [5, 5.41) is 12.9. The normalized spacial score (nSPS) is 16.2. The highest BCUT2D eigenvalue weighted by Crippen LogP contribution is 2.35. The maximum absolute atomic E-state index is 13.1. The van der Waals surface area contributed by atoms with E-state index in [-0.39, 0.29) is 22.9 Å². The first-order valence-corrected chi connectivity index (χ1v) is 10.5. The number of fused-ring (bicyclic) bond motifs is 1. The van der Waals surface area contributed by atoms with Crippen LogP contribution in [0.1, 0.15) is 25.3 Å². The number of halogens is 3. The molecule has 0 bridgehead atoms. The molecule has 0 radical (unpaired) electrons. The van der Waals surface area contributed by atoms with Crippen LogP contribution in [-0.4, -0.2) is 61.6 Å². The number of nitrogen functional groups attached to an aromatic ring is 1. The second kappa shape index (κ2) is 8.85. The van der Waals surface area contributed by atoms with Gasteiger partial charge < -0.3 is 26.0 Å². The lowest BCUT2D eigenvalue weighted by Crippen LogP contribution is -2.43. The van der Waals surface area contributed by atoms with E-state index in [1.807, 2.05) is 0 Å². The number of anilines is 2. The zero-order valence-electron chi connectivity index (χ0n) is 17.9. The van der Waals surface area contributed by atoms with Gasteiger partial charge in [-0.1, -0.05) is 0 Å². The highest BCUT2D eigenvalue weighted by Gasteiger charge is 2.32. The summed E-state index contributed by atoms with van der Waals surface area (Å²) in [4.78, 5) is 28.9. The summed E-state index contributed by atoms with van der Waals surface area (Å²) < 4.78 is 39.4. The van der Waals surface area contributed by atoms with Crippen LogP contribution in [0, 0.1) is 5.92 Å². The van der Waals surface area contributed by atoms with Crippen molar-refractivity contribution in [2.45, 2.75) is 32.0 Å². The molecule has 9 nitrogen and oxygen atoms in total. The molecule has 33 heavy (non-hydrogen) atoms. The van der Waals surface area contributed by atoms with Crippen molar-refractivity contribution in [2.75, 3.05) is 30.7 Å². The number of nitrogens with two attached hydrogens (primary N) is 1. The van der Waals surface area contributed by atoms with E-state index in [0.29, 0.717) is 42.5 Å². The lowest BCUT2D eigenvalue weighted by atomic mass is 9.96. The zero-order chi connectivity index (χ0) is 23.8. The zero-order valence-corrected chi connectivity index (χ0v) is 17.9. The lowest BCUT2D eigenvalue weighted by Gasteiger charge is -2.32. The molecule has 0 unspecified atom stereocenters. The number of pyridine rings is 1. The predicted molar refractivity (Wildman–Crippen MR) is 116 cm³/mol. The molecule has 0 saturated carbocycles. The quantitative estimate of drug-likeness (QED) is 0.457. The number of nitrogens with zero attached hydrogens (tertiary/aromatic N) is 4. The average Bonchev–Trinajstić information content (AvgIpc) is 3.21. The number of rotatable bonds is 5. The van der Waals surface area contributed by atoms with Gasteiger partial charge in [0.2, 0.25) is 5.95 Å². The highest BCUT2D eigenvalue weighted by atomic mass is 19.4. The van der Waals surface area contributed by atoms with E-state index in [2.05, 4.69) is 25.3 Å². The molecule has 1 aliphatic heterocycles. The van der Waals surface area contributed by atoms with Crippen LogP contribution in [-0.2, 0) is 11.0 Å². The monoisotopic (exact) mass is 463 g/mol. The first-order chi connectivity index (χ1) is 15.6. The van der Waals surface area contributed by atoms with Gasteiger partial charge in [-0.15, -0.1) is 0 Å². The molecule has 1 atom stereocenters.